The molecule has 7 heteroatoms. The molecule has 0 unspecified atom stereocenters. The number of pyridine rings is 1. The summed E-state index contributed by atoms with van der Waals surface area (Å²) in [5.74, 6) is 0.179. The first kappa shape index (κ1) is 17.1. The summed E-state index contributed by atoms with van der Waals surface area (Å²) in [5.41, 5.74) is 1.57. The molecule has 1 aromatic heterocycles. The van der Waals surface area contributed by atoms with Gasteiger partial charge in [-0.25, -0.2) is 0 Å². The van der Waals surface area contributed by atoms with E-state index >= 15 is 0 Å². The van der Waals surface area contributed by atoms with Crippen LogP contribution in [0.5, 0.6) is 5.75 Å². The zero-order valence-corrected chi connectivity index (χ0v) is 13.7. The van der Waals surface area contributed by atoms with Crippen LogP contribution < -0.4 is 15.4 Å². The van der Waals surface area contributed by atoms with Gasteiger partial charge in [-0.15, -0.1) is 0 Å². The Labute approximate surface area is 139 Å². The molecule has 0 aliphatic carbocycles. The van der Waals surface area contributed by atoms with Gasteiger partial charge in [-0.3, -0.25) is 9.78 Å². The average Bonchev–Trinajstić information content (AvgIpc) is 2.55. The molecule has 0 atom stereocenters. The fraction of sp³-hybridized carbons (Fsp3) is 0.250. The van der Waals surface area contributed by atoms with Crippen molar-refractivity contribution in [3.8, 4) is 5.75 Å². The summed E-state index contributed by atoms with van der Waals surface area (Å²) in [7, 11) is 3.16. The van der Waals surface area contributed by atoms with E-state index in [0.29, 0.717) is 29.6 Å². The molecule has 1 aromatic carbocycles. The molecule has 0 spiro atoms. The van der Waals surface area contributed by atoms with Crippen LogP contribution in [0.4, 0.5) is 11.4 Å². The number of rotatable bonds is 7. The van der Waals surface area contributed by atoms with E-state index in [0.717, 1.165) is 5.69 Å². The first-order chi connectivity index (χ1) is 11.1. The number of nitrogens with zero attached hydrogens (tertiary/aromatic N) is 1. The summed E-state index contributed by atoms with van der Waals surface area (Å²) >= 11 is 5.96. The average molecular weight is 336 g/mol. The van der Waals surface area contributed by atoms with Gasteiger partial charge in [-0.2, -0.15) is 0 Å². The van der Waals surface area contributed by atoms with E-state index < -0.39 is 0 Å². The number of halogens is 1. The molecule has 23 heavy (non-hydrogen) atoms. The standard InChI is InChI=1S/C16H18ClN3O3/c1-22-8-7-18-12-5-6-19-14(10-12)16(21)20-13-9-11(17)3-4-15(13)23-2/h3-6,9-10H,7-8H2,1-2H3,(H,18,19)(H,20,21). The molecule has 0 fully saturated rings. The maximum Gasteiger partial charge on any atom is 0.274 e. The first-order valence-electron chi connectivity index (χ1n) is 6.98. The minimum atomic E-state index is -0.346. The van der Waals surface area contributed by atoms with Crippen molar-refractivity contribution in [1.29, 1.82) is 0 Å². The van der Waals surface area contributed by atoms with Gasteiger partial charge in [0.1, 0.15) is 11.4 Å². The summed E-state index contributed by atoms with van der Waals surface area (Å²) in [6.07, 6.45) is 1.57. The predicted molar refractivity (Wildman–Crippen MR) is 90.6 cm³/mol. The summed E-state index contributed by atoms with van der Waals surface area (Å²) in [4.78, 5) is 16.4. The second-order valence-corrected chi connectivity index (χ2v) is 5.08. The molecule has 2 N–H and O–H groups in total. The third-order valence-electron chi connectivity index (χ3n) is 3.04. The van der Waals surface area contributed by atoms with Crippen LogP contribution in [0.1, 0.15) is 10.5 Å². The lowest BCUT2D eigenvalue weighted by Crippen LogP contribution is -2.15. The smallest absolute Gasteiger partial charge is 0.274 e. The Bertz CT molecular complexity index is 679. The highest BCUT2D eigenvalue weighted by atomic mass is 35.5. The SMILES string of the molecule is COCCNc1ccnc(C(=O)Nc2cc(Cl)ccc2OC)c1. The van der Waals surface area contributed by atoms with Gasteiger partial charge in [-0.05, 0) is 30.3 Å². The molecule has 6 nitrogen and oxygen atoms in total. The van der Waals surface area contributed by atoms with Gasteiger partial charge in [0, 0.05) is 30.6 Å². The van der Waals surface area contributed by atoms with Crippen LogP contribution in [0.15, 0.2) is 36.5 Å². The number of carbonyl (C=O) groups excluding carboxylic acids is 1. The van der Waals surface area contributed by atoms with E-state index in [1.54, 1.807) is 43.6 Å². The van der Waals surface area contributed by atoms with Crippen molar-refractivity contribution in [2.45, 2.75) is 0 Å². The Morgan fingerprint density at radius 3 is 2.83 bits per heavy atom. The van der Waals surface area contributed by atoms with E-state index in [9.17, 15) is 4.79 Å². The lowest BCUT2D eigenvalue weighted by molar-refractivity contribution is 0.102. The summed E-state index contributed by atoms with van der Waals surface area (Å²) in [6, 6.07) is 8.45. The topological polar surface area (TPSA) is 72.5 Å². The lowest BCUT2D eigenvalue weighted by atomic mass is 10.2. The maximum absolute atomic E-state index is 12.4. The Balaban J connectivity index is 2.11. The van der Waals surface area contributed by atoms with Crippen molar-refractivity contribution in [2.75, 3.05) is 38.0 Å². The molecular weight excluding hydrogens is 318 g/mol. The van der Waals surface area contributed by atoms with Gasteiger partial charge in [-0.1, -0.05) is 11.6 Å². The zero-order chi connectivity index (χ0) is 16.7. The number of anilines is 2. The molecule has 2 aromatic rings. The molecule has 1 heterocycles. The maximum atomic E-state index is 12.4. The second-order valence-electron chi connectivity index (χ2n) is 4.65. The number of hydrogen-bond acceptors (Lipinski definition) is 5. The largest absolute Gasteiger partial charge is 0.495 e. The Hall–Kier alpha value is -2.31. The second kappa shape index (κ2) is 8.36. The fourth-order valence-corrected chi connectivity index (χ4v) is 2.10. The number of methoxy groups -OCH3 is 2. The quantitative estimate of drug-likeness (QED) is 0.761. The number of benzene rings is 1. The predicted octanol–water partition coefficient (Wildman–Crippen LogP) is 3.05. The Morgan fingerprint density at radius 1 is 1.26 bits per heavy atom. The van der Waals surface area contributed by atoms with Crippen LogP contribution in [0.3, 0.4) is 0 Å². The number of aromatic nitrogens is 1. The van der Waals surface area contributed by atoms with Gasteiger partial charge in [0.2, 0.25) is 0 Å². The van der Waals surface area contributed by atoms with Gasteiger partial charge >= 0.3 is 0 Å². The summed E-state index contributed by atoms with van der Waals surface area (Å²) in [6.45, 7) is 1.22. The van der Waals surface area contributed by atoms with Gasteiger partial charge in [0.05, 0.1) is 19.4 Å². The van der Waals surface area contributed by atoms with Gasteiger partial charge in [0.15, 0.2) is 0 Å². The van der Waals surface area contributed by atoms with Gasteiger partial charge < -0.3 is 20.1 Å². The van der Waals surface area contributed by atoms with E-state index in [-0.39, 0.29) is 11.6 Å². The van der Waals surface area contributed by atoms with E-state index in [4.69, 9.17) is 21.1 Å². The molecule has 2 rings (SSSR count). The van der Waals surface area contributed by atoms with E-state index in [2.05, 4.69) is 15.6 Å². The monoisotopic (exact) mass is 335 g/mol. The van der Waals surface area contributed by atoms with Crippen molar-refractivity contribution in [3.05, 3.63) is 47.2 Å². The number of nitrogens with one attached hydrogen (secondary N) is 2. The molecule has 0 saturated carbocycles. The van der Waals surface area contributed by atoms with Crippen LogP contribution in [-0.2, 0) is 4.74 Å². The molecule has 1 amide bonds. The highest BCUT2D eigenvalue weighted by molar-refractivity contribution is 6.31. The molecular formula is C16H18ClN3O3. The van der Waals surface area contributed by atoms with Crippen molar-refractivity contribution < 1.29 is 14.3 Å². The number of amides is 1. The highest BCUT2D eigenvalue weighted by Crippen LogP contribution is 2.28. The minimum Gasteiger partial charge on any atom is -0.495 e. The van der Waals surface area contributed by atoms with Crippen LogP contribution in [-0.4, -0.2) is 38.3 Å². The number of hydrogen-bond donors (Lipinski definition) is 2. The Morgan fingerprint density at radius 2 is 2.09 bits per heavy atom. The van der Waals surface area contributed by atoms with Gasteiger partial charge in [0.25, 0.3) is 5.91 Å². The molecule has 122 valence electrons. The zero-order valence-electron chi connectivity index (χ0n) is 12.9. The molecule has 0 saturated heterocycles. The summed E-state index contributed by atoms with van der Waals surface area (Å²) < 4.78 is 10.2. The fourth-order valence-electron chi connectivity index (χ4n) is 1.93. The van der Waals surface area contributed by atoms with Crippen LogP contribution >= 0.6 is 11.6 Å². The third kappa shape index (κ3) is 4.84. The Kier molecular flexibility index (Phi) is 6.19. The number of carbonyl (C=O) groups is 1. The lowest BCUT2D eigenvalue weighted by Gasteiger charge is -2.11. The van der Waals surface area contributed by atoms with Crippen molar-refractivity contribution in [1.82, 2.24) is 4.98 Å². The van der Waals surface area contributed by atoms with Crippen LogP contribution in [0.25, 0.3) is 0 Å². The third-order valence-corrected chi connectivity index (χ3v) is 3.27. The molecule has 0 aliphatic rings. The van der Waals surface area contributed by atoms with Crippen molar-refractivity contribution >= 4 is 28.9 Å². The van der Waals surface area contributed by atoms with E-state index in [1.165, 1.54) is 7.11 Å². The summed E-state index contributed by atoms with van der Waals surface area (Å²) in [5, 5.41) is 6.40. The highest BCUT2D eigenvalue weighted by Gasteiger charge is 2.12. The number of ether oxygens (including phenoxy) is 2. The van der Waals surface area contributed by atoms with E-state index in [1.807, 2.05) is 0 Å². The van der Waals surface area contributed by atoms with Crippen molar-refractivity contribution in [3.63, 3.8) is 0 Å². The van der Waals surface area contributed by atoms with Crippen LogP contribution in [0.2, 0.25) is 5.02 Å². The van der Waals surface area contributed by atoms with Crippen LogP contribution in [0, 0.1) is 0 Å². The minimum absolute atomic E-state index is 0.287. The molecule has 0 bridgehead atoms. The first-order valence-corrected chi connectivity index (χ1v) is 7.35. The molecule has 0 aliphatic heterocycles. The van der Waals surface area contributed by atoms with Crippen molar-refractivity contribution in [2.24, 2.45) is 0 Å². The molecule has 0 radical (unpaired) electrons. The normalized spacial score (nSPS) is 10.2.